The van der Waals surface area contributed by atoms with Gasteiger partial charge in [-0.2, -0.15) is 0 Å². The summed E-state index contributed by atoms with van der Waals surface area (Å²) < 4.78 is 1.14. The molecule has 1 rings (SSSR count). The number of halogens is 1. The van der Waals surface area contributed by atoms with Gasteiger partial charge in [0.05, 0.1) is 0 Å². The van der Waals surface area contributed by atoms with Crippen LogP contribution in [0.3, 0.4) is 0 Å². The Kier molecular flexibility index (Phi) is 5.66. The van der Waals surface area contributed by atoms with Crippen LogP contribution in [0.25, 0.3) is 0 Å². The lowest BCUT2D eigenvalue weighted by Crippen LogP contribution is -2.29. The summed E-state index contributed by atoms with van der Waals surface area (Å²) in [5, 5.41) is 3.45. The van der Waals surface area contributed by atoms with Crippen LogP contribution in [-0.4, -0.2) is 12.6 Å². The Morgan fingerprint density at radius 3 is 2.93 bits per heavy atom. The second-order valence-corrected chi connectivity index (χ2v) is 4.55. The summed E-state index contributed by atoms with van der Waals surface area (Å²) in [7, 11) is 0. The molecule has 15 heavy (non-hydrogen) atoms. The van der Waals surface area contributed by atoms with Gasteiger partial charge < -0.3 is 5.32 Å². The zero-order valence-electron chi connectivity index (χ0n) is 9.17. The summed E-state index contributed by atoms with van der Waals surface area (Å²) in [5.74, 6) is 0. The van der Waals surface area contributed by atoms with Gasteiger partial charge in [-0.05, 0) is 37.1 Å². The van der Waals surface area contributed by atoms with Gasteiger partial charge in [-0.15, -0.1) is 6.58 Å². The van der Waals surface area contributed by atoms with E-state index in [1.54, 1.807) is 0 Å². The van der Waals surface area contributed by atoms with E-state index in [-0.39, 0.29) is 0 Å². The van der Waals surface area contributed by atoms with Crippen LogP contribution in [0.1, 0.15) is 18.9 Å². The van der Waals surface area contributed by atoms with Crippen LogP contribution in [-0.2, 0) is 6.42 Å². The molecular formula is C13H18BrN. The predicted molar refractivity (Wildman–Crippen MR) is 70.1 cm³/mol. The van der Waals surface area contributed by atoms with Crippen molar-refractivity contribution in [3.63, 3.8) is 0 Å². The third kappa shape index (κ3) is 4.63. The van der Waals surface area contributed by atoms with Gasteiger partial charge >= 0.3 is 0 Å². The van der Waals surface area contributed by atoms with E-state index >= 15 is 0 Å². The molecule has 0 aliphatic rings. The van der Waals surface area contributed by atoms with Crippen molar-refractivity contribution >= 4 is 15.9 Å². The standard InChI is InChI=1S/C13H18BrN/c1-3-8-15-13(4-2)10-11-6-5-7-12(14)9-11/h4-7,9,13,15H,2-3,8,10H2,1H3. The molecular weight excluding hydrogens is 250 g/mol. The molecule has 1 aromatic carbocycles. The largest absolute Gasteiger partial charge is 0.310 e. The maximum absolute atomic E-state index is 3.86. The minimum atomic E-state index is 0.374. The fraction of sp³-hybridized carbons (Fsp3) is 0.385. The molecule has 0 radical (unpaired) electrons. The molecule has 0 spiro atoms. The molecule has 0 heterocycles. The van der Waals surface area contributed by atoms with E-state index in [1.807, 2.05) is 12.1 Å². The Morgan fingerprint density at radius 1 is 1.53 bits per heavy atom. The van der Waals surface area contributed by atoms with Crippen LogP contribution >= 0.6 is 15.9 Å². The lowest BCUT2D eigenvalue weighted by atomic mass is 10.1. The van der Waals surface area contributed by atoms with Crippen molar-refractivity contribution in [2.24, 2.45) is 0 Å². The lowest BCUT2D eigenvalue weighted by Gasteiger charge is -2.14. The van der Waals surface area contributed by atoms with Crippen molar-refractivity contribution in [2.75, 3.05) is 6.54 Å². The maximum atomic E-state index is 3.86. The first-order valence-electron chi connectivity index (χ1n) is 5.36. The zero-order valence-corrected chi connectivity index (χ0v) is 10.8. The molecule has 0 amide bonds. The number of hydrogen-bond acceptors (Lipinski definition) is 1. The Hall–Kier alpha value is -0.600. The average molecular weight is 268 g/mol. The number of benzene rings is 1. The van der Waals surface area contributed by atoms with E-state index in [9.17, 15) is 0 Å². The highest BCUT2D eigenvalue weighted by Gasteiger charge is 2.03. The van der Waals surface area contributed by atoms with Crippen LogP contribution in [0.2, 0.25) is 0 Å². The third-order valence-electron chi connectivity index (χ3n) is 2.29. The molecule has 2 heteroatoms. The van der Waals surface area contributed by atoms with Crippen LogP contribution in [0.5, 0.6) is 0 Å². The lowest BCUT2D eigenvalue weighted by molar-refractivity contribution is 0.585. The Labute approximate surface area is 101 Å². The van der Waals surface area contributed by atoms with Gasteiger partial charge in [0.25, 0.3) is 0 Å². The SMILES string of the molecule is C=CC(Cc1cccc(Br)c1)NCCC. The minimum Gasteiger partial charge on any atom is -0.310 e. The van der Waals surface area contributed by atoms with Crippen LogP contribution in [0.15, 0.2) is 41.4 Å². The highest BCUT2D eigenvalue weighted by atomic mass is 79.9. The maximum Gasteiger partial charge on any atom is 0.0287 e. The minimum absolute atomic E-state index is 0.374. The van der Waals surface area contributed by atoms with Crippen molar-refractivity contribution in [3.05, 3.63) is 47.0 Å². The summed E-state index contributed by atoms with van der Waals surface area (Å²) in [6, 6.07) is 8.80. The molecule has 0 saturated heterocycles. The van der Waals surface area contributed by atoms with Crippen molar-refractivity contribution in [3.8, 4) is 0 Å². The zero-order chi connectivity index (χ0) is 11.1. The van der Waals surface area contributed by atoms with Gasteiger partial charge in [-0.25, -0.2) is 0 Å². The van der Waals surface area contributed by atoms with E-state index in [4.69, 9.17) is 0 Å². The molecule has 1 nitrogen and oxygen atoms in total. The summed E-state index contributed by atoms with van der Waals surface area (Å²) >= 11 is 3.48. The Morgan fingerprint density at radius 2 is 2.33 bits per heavy atom. The first kappa shape index (κ1) is 12.5. The average Bonchev–Trinajstić information content (AvgIpc) is 2.24. The highest BCUT2D eigenvalue weighted by Crippen LogP contribution is 2.13. The topological polar surface area (TPSA) is 12.0 Å². The molecule has 1 atom stereocenters. The van der Waals surface area contributed by atoms with Gasteiger partial charge in [0.2, 0.25) is 0 Å². The number of hydrogen-bond donors (Lipinski definition) is 1. The Balaban J connectivity index is 2.54. The summed E-state index contributed by atoms with van der Waals surface area (Å²) in [5.41, 5.74) is 1.33. The molecule has 0 saturated carbocycles. The molecule has 0 fully saturated rings. The molecule has 1 N–H and O–H groups in total. The molecule has 82 valence electrons. The highest BCUT2D eigenvalue weighted by molar-refractivity contribution is 9.10. The summed E-state index contributed by atoms with van der Waals surface area (Å²) in [6.45, 7) is 7.08. The van der Waals surface area contributed by atoms with Gasteiger partial charge in [0.1, 0.15) is 0 Å². The number of nitrogens with one attached hydrogen (secondary N) is 1. The van der Waals surface area contributed by atoms with Crippen LogP contribution in [0, 0.1) is 0 Å². The van der Waals surface area contributed by atoms with Crippen molar-refractivity contribution in [1.82, 2.24) is 5.32 Å². The van der Waals surface area contributed by atoms with Crippen LogP contribution in [0.4, 0.5) is 0 Å². The van der Waals surface area contributed by atoms with E-state index in [1.165, 1.54) is 5.56 Å². The molecule has 0 bridgehead atoms. The van der Waals surface area contributed by atoms with Gasteiger partial charge in [0, 0.05) is 10.5 Å². The third-order valence-corrected chi connectivity index (χ3v) is 2.78. The molecule has 1 aromatic rings. The van der Waals surface area contributed by atoms with Crippen molar-refractivity contribution < 1.29 is 0 Å². The van der Waals surface area contributed by atoms with Gasteiger partial charge in [-0.1, -0.05) is 41.1 Å². The number of rotatable bonds is 6. The smallest absolute Gasteiger partial charge is 0.0287 e. The first-order valence-corrected chi connectivity index (χ1v) is 6.16. The predicted octanol–water partition coefficient (Wildman–Crippen LogP) is 3.55. The monoisotopic (exact) mass is 267 g/mol. The second kappa shape index (κ2) is 6.81. The van der Waals surface area contributed by atoms with E-state index in [0.717, 1.165) is 23.9 Å². The van der Waals surface area contributed by atoms with E-state index < -0.39 is 0 Å². The molecule has 0 aromatic heterocycles. The summed E-state index contributed by atoms with van der Waals surface area (Å²) in [6.07, 6.45) is 4.14. The van der Waals surface area contributed by atoms with Crippen molar-refractivity contribution in [1.29, 1.82) is 0 Å². The normalized spacial score (nSPS) is 12.4. The summed E-state index contributed by atoms with van der Waals surface area (Å²) in [4.78, 5) is 0. The molecule has 0 aliphatic carbocycles. The first-order chi connectivity index (χ1) is 7.26. The van der Waals surface area contributed by atoms with E-state index in [0.29, 0.717) is 6.04 Å². The fourth-order valence-corrected chi connectivity index (χ4v) is 1.93. The van der Waals surface area contributed by atoms with Gasteiger partial charge in [-0.3, -0.25) is 0 Å². The Bertz CT molecular complexity index is 309. The van der Waals surface area contributed by atoms with Crippen LogP contribution < -0.4 is 5.32 Å². The van der Waals surface area contributed by atoms with E-state index in [2.05, 4.69) is 52.9 Å². The van der Waals surface area contributed by atoms with Crippen molar-refractivity contribution in [2.45, 2.75) is 25.8 Å². The quantitative estimate of drug-likeness (QED) is 0.778. The molecule has 1 unspecified atom stereocenters. The van der Waals surface area contributed by atoms with Gasteiger partial charge in [0.15, 0.2) is 0 Å². The second-order valence-electron chi connectivity index (χ2n) is 3.63. The molecule has 0 aliphatic heterocycles. The fourth-order valence-electron chi connectivity index (χ4n) is 1.49.